The molecule has 1 N–H and O–H groups in total. The quantitative estimate of drug-likeness (QED) is 0.388. The van der Waals surface area contributed by atoms with Gasteiger partial charge in [0.2, 0.25) is 5.91 Å². The minimum absolute atomic E-state index is 0.0258. The van der Waals surface area contributed by atoms with E-state index >= 15 is 0 Å². The number of hydrogen-bond acceptors (Lipinski definition) is 1. The normalized spacial score (nSPS) is 10.0. The Morgan fingerprint density at radius 3 is 2.50 bits per heavy atom. The molecule has 0 saturated heterocycles. The van der Waals surface area contributed by atoms with E-state index in [2.05, 4.69) is 24.4 Å². The number of amides is 1. The maximum Gasteiger partial charge on any atom is 0.246 e. The minimum atomic E-state index is -0.0258. The zero-order valence-electron chi connectivity index (χ0n) is 8.14. The van der Waals surface area contributed by atoms with Crippen molar-refractivity contribution in [2.24, 2.45) is 0 Å². The van der Waals surface area contributed by atoms with Gasteiger partial charge in [0.15, 0.2) is 0 Å². The summed E-state index contributed by atoms with van der Waals surface area (Å²) in [6.45, 7) is 6.06. The molecule has 3 heteroatoms. The van der Waals surface area contributed by atoms with Crippen LogP contribution in [0.15, 0.2) is 12.2 Å². The maximum atomic E-state index is 11.0. The Kier molecular flexibility index (Phi) is 5.89. The minimum Gasteiger partial charge on any atom is -0.352 e. The van der Waals surface area contributed by atoms with Crippen molar-refractivity contribution in [2.75, 3.05) is 24.8 Å². The summed E-state index contributed by atoms with van der Waals surface area (Å²) in [6.07, 6.45) is 5.48. The molecule has 0 radical (unpaired) electrons. The van der Waals surface area contributed by atoms with E-state index in [-0.39, 0.29) is 5.91 Å². The van der Waals surface area contributed by atoms with Crippen molar-refractivity contribution in [3.05, 3.63) is 12.2 Å². The zero-order chi connectivity index (χ0) is 9.56. The van der Waals surface area contributed by atoms with Gasteiger partial charge < -0.3 is 5.32 Å². The second-order valence-corrected chi connectivity index (χ2v) is 5.46. The summed E-state index contributed by atoms with van der Waals surface area (Å²) in [6, 6.07) is 0. The van der Waals surface area contributed by atoms with Gasteiger partial charge in [-0.05, 0) is 17.8 Å². The molecule has 2 nitrogen and oxygen atoms in total. The lowest BCUT2D eigenvalue weighted by Gasteiger charge is -2.02. The van der Waals surface area contributed by atoms with E-state index in [0.717, 1.165) is 13.0 Å². The first-order chi connectivity index (χ1) is 5.54. The lowest BCUT2D eigenvalue weighted by molar-refractivity contribution is -0.117. The Hall–Kier alpha value is -0.440. The first kappa shape index (κ1) is 11.6. The van der Waals surface area contributed by atoms with Gasteiger partial charge in [-0.2, -0.15) is 0 Å². The lowest BCUT2D eigenvalue weighted by atomic mass is 10.3. The van der Waals surface area contributed by atoms with Gasteiger partial charge >= 0.3 is 0 Å². The smallest absolute Gasteiger partial charge is 0.246 e. The van der Waals surface area contributed by atoms with Crippen LogP contribution in [0, 0.1) is 0 Å². The summed E-state index contributed by atoms with van der Waals surface area (Å²) >= 11 is 0. The third-order valence-corrected chi connectivity index (χ3v) is 2.51. The summed E-state index contributed by atoms with van der Waals surface area (Å²) in [4.78, 5) is 11.0. The van der Waals surface area contributed by atoms with Crippen molar-refractivity contribution in [1.29, 1.82) is 0 Å². The van der Waals surface area contributed by atoms with Crippen molar-refractivity contribution in [1.82, 2.24) is 5.32 Å². The number of rotatable bonds is 5. The average Bonchev–Trinajstić information content (AvgIpc) is 1.97. The fourth-order valence-electron chi connectivity index (χ4n) is 0.714. The van der Waals surface area contributed by atoms with Crippen LogP contribution < -0.4 is 5.32 Å². The Labute approximate surface area is 77.8 Å². The molecule has 0 fully saturated rings. The SMILES string of the molecule is C=C(C)C(=O)NCCC[S+](C)C. The average molecular weight is 188 g/mol. The number of nitrogens with one attached hydrogen (secondary N) is 1. The molecular formula is C9H18NOS+. The van der Waals surface area contributed by atoms with Crippen LogP contribution in [0.25, 0.3) is 0 Å². The second-order valence-electron chi connectivity index (χ2n) is 3.08. The van der Waals surface area contributed by atoms with E-state index in [1.54, 1.807) is 6.92 Å². The number of hydrogen-bond donors (Lipinski definition) is 1. The molecule has 1 amide bonds. The van der Waals surface area contributed by atoms with Crippen molar-refractivity contribution in [2.45, 2.75) is 13.3 Å². The number of carbonyl (C=O) groups excluding carboxylic acids is 1. The predicted molar refractivity (Wildman–Crippen MR) is 56.5 cm³/mol. The molecule has 0 spiro atoms. The molecule has 0 heterocycles. The third-order valence-electron chi connectivity index (χ3n) is 1.40. The molecule has 12 heavy (non-hydrogen) atoms. The standard InChI is InChI=1S/C9H17NOS/c1-8(2)9(11)10-6-5-7-12(3)4/h1,5-7H2,2-4H3/p+1. The highest BCUT2D eigenvalue weighted by Crippen LogP contribution is 1.89. The third kappa shape index (κ3) is 6.28. The number of carbonyl (C=O) groups is 1. The molecule has 0 aliphatic carbocycles. The fraction of sp³-hybridized carbons (Fsp3) is 0.667. The molecule has 70 valence electrons. The molecule has 0 aliphatic heterocycles. The fourth-order valence-corrected chi connectivity index (χ4v) is 1.44. The Bertz CT molecular complexity index is 166. The lowest BCUT2D eigenvalue weighted by Crippen LogP contribution is -2.25. The van der Waals surface area contributed by atoms with Gasteiger partial charge in [0.1, 0.15) is 5.75 Å². The van der Waals surface area contributed by atoms with Crippen LogP contribution in [0.4, 0.5) is 0 Å². The molecular weight excluding hydrogens is 170 g/mol. The van der Waals surface area contributed by atoms with E-state index in [4.69, 9.17) is 0 Å². The first-order valence-electron chi connectivity index (χ1n) is 4.02. The molecule has 0 aromatic rings. The van der Waals surface area contributed by atoms with Crippen LogP contribution in [-0.4, -0.2) is 30.7 Å². The van der Waals surface area contributed by atoms with Gasteiger partial charge in [-0.25, -0.2) is 0 Å². The Balaban J connectivity index is 3.32. The Morgan fingerprint density at radius 1 is 1.50 bits per heavy atom. The summed E-state index contributed by atoms with van der Waals surface area (Å²) in [7, 11) is 0.485. The summed E-state index contributed by atoms with van der Waals surface area (Å²) in [5, 5.41) is 2.80. The Morgan fingerprint density at radius 2 is 2.08 bits per heavy atom. The summed E-state index contributed by atoms with van der Waals surface area (Å²) < 4.78 is 0. The van der Waals surface area contributed by atoms with E-state index in [9.17, 15) is 4.79 Å². The van der Waals surface area contributed by atoms with Crippen LogP contribution in [0.2, 0.25) is 0 Å². The highest BCUT2D eigenvalue weighted by atomic mass is 32.2. The van der Waals surface area contributed by atoms with Crippen molar-refractivity contribution in [3.63, 3.8) is 0 Å². The van der Waals surface area contributed by atoms with E-state index in [1.165, 1.54) is 5.75 Å². The molecule has 0 atom stereocenters. The van der Waals surface area contributed by atoms with E-state index in [0.29, 0.717) is 16.5 Å². The maximum absolute atomic E-state index is 11.0. The van der Waals surface area contributed by atoms with Crippen LogP contribution >= 0.6 is 0 Å². The second kappa shape index (κ2) is 6.12. The van der Waals surface area contributed by atoms with Crippen molar-refractivity contribution in [3.8, 4) is 0 Å². The highest BCUT2D eigenvalue weighted by molar-refractivity contribution is 7.95. The van der Waals surface area contributed by atoms with Gasteiger partial charge in [0.25, 0.3) is 0 Å². The van der Waals surface area contributed by atoms with Crippen molar-refractivity contribution < 1.29 is 4.79 Å². The van der Waals surface area contributed by atoms with E-state index < -0.39 is 0 Å². The molecule has 0 saturated carbocycles. The van der Waals surface area contributed by atoms with Gasteiger partial charge in [-0.3, -0.25) is 4.79 Å². The summed E-state index contributed by atoms with van der Waals surface area (Å²) in [5.41, 5.74) is 0.585. The van der Waals surface area contributed by atoms with Gasteiger partial charge in [0.05, 0.1) is 12.5 Å². The largest absolute Gasteiger partial charge is 0.352 e. The van der Waals surface area contributed by atoms with Gasteiger partial charge in [0, 0.05) is 18.5 Å². The monoisotopic (exact) mass is 188 g/mol. The van der Waals surface area contributed by atoms with Crippen molar-refractivity contribution >= 4 is 16.8 Å². The molecule has 0 aromatic carbocycles. The van der Waals surface area contributed by atoms with Gasteiger partial charge in [-0.15, -0.1) is 0 Å². The van der Waals surface area contributed by atoms with Crippen LogP contribution in [0.5, 0.6) is 0 Å². The van der Waals surface area contributed by atoms with Crippen LogP contribution in [0.3, 0.4) is 0 Å². The van der Waals surface area contributed by atoms with Crippen LogP contribution in [-0.2, 0) is 15.7 Å². The van der Waals surface area contributed by atoms with Crippen LogP contribution in [0.1, 0.15) is 13.3 Å². The first-order valence-corrected chi connectivity index (χ1v) is 6.23. The molecule has 0 rings (SSSR count). The summed E-state index contributed by atoms with van der Waals surface area (Å²) in [5.74, 6) is 1.17. The van der Waals surface area contributed by atoms with Gasteiger partial charge in [-0.1, -0.05) is 6.58 Å². The molecule has 0 aromatic heterocycles. The topological polar surface area (TPSA) is 29.1 Å². The van der Waals surface area contributed by atoms with E-state index in [1.807, 2.05) is 0 Å². The highest BCUT2D eigenvalue weighted by Gasteiger charge is 2.03. The molecule has 0 bridgehead atoms. The molecule has 0 unspecified atom stereocenters. The molecule has 0 aliphatic rings. The zero-order valence-corrected chi connectivity index (χ0v) is 8.96. The predicted octanol–water partition coefficient (Wildman–Crippen LogP) is 0.947.